The minimum Gasteiger partial charge on any atom is -0.556 e. The summed E-state index contributed by atoms with van der Waals surface area (Å²) >= 11 is 0. The van der Waals surface area contributed by atoms with E-state index in [9.17, 15) is 20.2 Å². The van der Waals surface area contributed by atoms with Crippen molar-refractivity contribution in [3.8, 4) is 46.6 Å². The number of ether oxygens (including phenoxy) is 2. The van der Waals surface area contributed by atoms with E-state index in [0.717, 1.165) is 26.4 Å². The van der Waals surface area contributed by atoms with Crippen LogP contribution in [-0.4, -0.2) is 75.5 Å². The number of nitro benzene ring substituents is 2. The van der Waals surface area contributed by atoms with E-state index in [2.05, 4.69) is 130 Å². The molecule has 15 heteroatoms. The largest absolute Gasteiger partial charge is 2.00 e. The number of hydrogen-bond acceptors (Lipinski definition) is 6. The topological polar surface area (TPSA) is 161 Å². The summed E-state index contributed by atoms with van der Waals surface area (Å²) in [6.07, 6.45) is 20.6. The number of rotatable bonds is 8. The van der Waals surface area contributed by atoms with Crippen molar-refractivity contribution in [2.75, 3.05) is 26.4 Å². The predicted molar refractivity (Wildman–Crippen MR) is 335 cm³/mol. The second-order valence-corrected chi connectivity index (χ2v) is 33.6. The average molecular weight is 1130 g/mol. The number of nitrogens with zero attached hydrogens (tertiary/aromatic N) is 6. The van der Waals surface area contributed by atoms with Crippen LogP contribution in [0.1, 0.15) is 120 Å². The van der Waals surface area contributed by atoms with Gasteiger partial charge in [-0.3, -0.25) is 20.2 Å². The van der Waals surface area contributed by atoms with Gasteiger partial charge in [0.15, 0.2) is 16.1 Å². The van der Waals surface area contributed by atoms with Gasteiger partial charge in [0.2, 0.25) is 0 Å². The normalized spacial score (nSPS) is 20.5. The zero-order valence-electron chi connectivity index (χ0n) is 49.2. The van der Waals surface area contributed by atoms with Crippen LogP contribution in [0.25, 0.3) is 21.3 Å². The fourth-order valence-electron chi connectivity index (χ4n) is 11.4. The fourth-order valence-corrected chi connectivity index (χ4v) is 21.8. The maximum Gasteiger partial charge on any atom is 2.00 e. The fraction of sp³-hybridized carbons (Fsp3) is 0.394. The molecule has 0 radical (unpaired) electrons. The number of nitro groups is 2. The monoisotopic (exact) mass is 1130 g/mol. The standard InChI is InChI=1S/C58H58N6O4Si2.2C4H8O.Mg/c1-37(2)69(38(3)4,39(5)6)35-33-49-55-29-25-51(59-55)47(23-17-43-13-19-45(20-14-43)63(65)66)53-27-31-57(61-53)50(34-36-70(40(7)8,41(9)10)42(11)12)58-32-28-54(62-58)48(52-26-30-56(49)60-52)24-18-44-15-21-46(22-16-44)64(67)68;2*1-2-4-5-3-1;/h13-16,19-22,25-32,37-42H,1-12H3;2*1-4H2;/q;;;+2/b51-47-,54-48-,56-49-,57-50-;;;. The first-order chi connectivity index (χ1) is 38.3. The molecule has 7 aliphatic heterocycles. The Hall–Kier alpha value is -6.80. The molecule has 8 bridgehead atoms. The molecular weight excluding hydrogens is 1050 g/mol. The SMILES string of the molecule is C1CCOC1.C1CCOC1.CC(C)[Si](C#C/C1=C2\C=C[C+]([N-]2)/C(C#Cc2ccc([N+](=O)[O-])cc2)=C2/C=C[C+]([N-]2)/C(C#C[Si](C(C)C)(C(C)C)C(C)C)=C2/C=C[C+]([N-]2)/C(C#Cc2ccc([N+](=O)[O-])cc2)=C2/C=C[C+]1[N-]2)(C(C)C)C(C)C.[Mg+2]. The number of non-ortho nitro benzene ring substituents is 2. The van der Waals surface area contributed by atoms with Crippen LogP contribution in [0.15, 0.2) is 142 Å². The van der Waals surface area contributed by atoms with Crippen molar-refractivity contribution < 1.29 is 19.3 Å². The first-order valence-corrected chi connectivity index (χ1v) is 32.5. The summed E-state index contributed by atoms with van der Waals surface area (Å²) in [6, 6.07) is 14.8. The van der Waals surface area contributed by atoms with E-state index in [-0.39, 0.29) is 34.4 Å². The molecule has 0 saturated carbocycles. The van der Waals surface area contributed by atoms with Crippen LogP contribution in [0.4, 0.5) is 11.4 Å². The molecule has 2 saturated heterocycles. The van der Waals surface area contributed by atoms with E-state index < -0.39 is 26.0 Å². The molecule has 2 aromatic carbocycles. The van der Waals surface area contributed by atoms with E-state index >= 15 is 0 Å². The zero-order chi connectivity index (χ0) is 57.7. The average Bonchev–Trinajstić information content (AvgIpc) is 4.31. The summed E-state index contributed by atoms with van der Waals surface area (Å²) in [7, 11) is -4.50. The van der Waals surface area contributed by atoms with Gasteiger partial charge in [-0.15, -0.1) is 0 Å². The zero-order valence-corrected chi connectivity index (χ0v) is 52.6. The van der Waals surface area contributed by atoms with Crippen LogP contribution in [0.5, 0.6) is 0 Å². The third kappa shape index (κ3) is 15.0. The molecule has 12 nitrogen and oxygen atoms in total. The molecule has 2 fully saturated rings. The number of benzene rings is 2. The molecule has 0 aromatic heterocycles. The number of allylic oxidation sites excluding steroid dienone is 4. The van der Waals surface area contributed by atoms with Crippen molar-refractivity contribution >= 4 is 50.6 Å². The van der Waals surface area contributed by atoms with Crippen LogP contribution in [0.3, 0.4) is 0 Å². The smallest absolute Gasteiger partial charge is 0.556 e. The molecule has 0 N–H and O–H groups in total. The van der Waals surface area contributed by atoms with Gasteiger partial charge in [0.05, 0.1) is 21.7 Å². The molecule has 412 valence electrons. The van der Waals surface area contributed by atoms with Gasteiger partial charge in [-0.1, -0.05) is 94.2 Å². The van der Waals surface area contributed by atoms with Gasteiger partial charge >= 0.3 is 23.1 Å². The minimum atomic E-state index is -2.25. The first-order valence-electron chi connectivity index (χ1n) is 28.1. The van der Waals surface area contributed by atoms with Gasteiger partial charge in [0, 0.05) is 145 Å². The Morgan fingerprint density at radius 1 is 0.420 bits per heavy atom. The van der Waals surface area contributed by atoms with Crippen LogP contribution in [0.2, 0.25) is 33.2 Å². The van der Waals surface area contributed by atoms with Gasteiger partial charge in [-0.05, 0) is 119 Å². The van der Waals surface area contributed by atoms with Gasteiger partial charge < -0.3 is 30.7 Å². The van der Waals surface area contributed by atoms with Crippen molar-refractivity contribution in [3.05, 3.63) is 219 Å². The van der Waals surface area contributed by atoms with Crippen LogP contribution in [-0.2, 0) is 9.47 Å². The van der Waals surface area contributed by atoms with Gasteiger partial charge in [-0.2, -0.15) is 0 Å². The molecule has 0 amide bonds. The minimum absolute atomic E-state index is 0. The van der Waals surface area contributed by atoms with E-state index in [1.807, 2.05) is 48.6 Å². The quantitative estimate of drug-likeness (QED) is 0.0840. The van der Waals surface area contributed by atoms with Crippen molar-refractivity contribution in [2.45, 2.75) is 142 Å². The van der Waals surface area contributed by atoms with E-state index in [0.29, 0.717) is 114 Å². The van der Waals surface area contributed by atoms with Gasteiger partial charge in [-0.25, -0.2) is 0 Å². The second kappa shape index (κ2) is 28.8. The third-order valence-corrected chi connectivity index (χ3v) is 28.2. The Morgan fingerprint density at radius 2 is 0.667 bits per heavy atom. The number of hydrogen-bond donors (Lipinski definition) is 0. The van der Waals surface area contributed by atoms with Gasteiger partial charge in [0.25, 0.3) is 11.4 Å². The Bertz CT molecular complexity index is 2870. The summed E-state index contributed by atoms with van der Waals surface area (Å²) < 4.78 is 9.89. The Balaban J connectivity index is 0.000000865. The molecule has 81 heavy (non-hydrogen) atoms. The van der Waals surface area contributed by atoms with Crippen molar-refractivity contribution in [1.29, 1.82) is 0 Å². The Labute approximate surface area is 500 Å². The molecule has 0 unspecified atom stereocenters. The van der Waals surface area contributed by atoms with E-state index in [1.54, 1.807) is 24.3 Å². The molecule has 0 aliphatic carbocycles. The van der Waals surface area contributed by atoms with Crippen molar-refractivity contribution in [2.24, 2.45) is 0 Å². The van der Waals surface area contributed by atoms with Crippen LogP contribution >= 0.6 is 0 Å². The van der Waals surface area contributed by atoms with Crippen LogP contribution < -0.4 is 0 Å². The van der Waals surface area contributed by atoms with E-state index in [1.165, 1.54) is 49.9 Å². The van der Waals surface area contributed by atoms with Gasteiger partial charge in [0.1, 0.15) is 22.3 Å². The van der Waals surface area contributed by atoms with Crippen LogP contribution in [0, 0.1) is 91.0 Å². The van der Waals surface area contributed by atoms with Crippen molar-refractivity contribution in [3.63, 3.8) is 0 Å². The second-order valence-electron chi connectivity index (χ2n) is 22.4. The number of fused-ring (bicyclic) bond motifs is 8. The Kier molecular flexibility index (Phi) is 22.5. The summed E-state index contributed by atoms with van der Waals surface area (Å²) in [5.74, 6) is 20.6. The Morgan fingerprint density at radius 3 is 0.877 bits per heavy atom. The summed E-state index contributed by atoms with van der Waals surface area (Å²) in [4.78, 5) is 22.1. The summed E-state index contributed by atoms with van der Waals surface area (Å²) in [5.41, 5.74) is 16.1. The third-order valence-electron chi connectivity index (χ3n) is 15.6. The summed E-state index contributed by atoms with van der Waals surface area (Å²) in [6.45, 7) is 31.4. The molecule has 7 heterocycles. The molecule has 7 aliphatic rings. The van der Waals surface area contributed by atoms with E-state index in [4.69, 9.17) is 30.7 Å². The predicted octanol–water partition coefficient (Wildman–Crippen LogP) is 16.5. The molecule has 0 atom stereocenters. The maximum atomic E-state index is 11.5. The molecule has 9 rings (SSSR count). The first kappa shape index (κ1) is 63.4. The molecule has 0 spiro atoms. The maximum absolute atomic E-state index is 11.5. The molecule has 2 aromatic rings. The summed E-state index contributed by atoms with van der Waals surface area (Å²) in [5, 5.41) is 44.0. The molecular formula is C66H74MgN6O6Si2+2. The van der Waals surface area contributed by atoms with Crippen molar-refractivity contribution in [1.82, 2.24) is 0 Å².